The van der Waals surface area contributed by atoms with Gasteiger partial charge in [0.1, 0.15) is 11.6 Å². The molecule has 30 heavy (non-hydrogen) atoms. The first-order valence-corrected chi connectivity index (χ1v) is 10.9. The van der Waals surface area contributed by atoms with Gasteiger partial charge in [0.25, 0.3) is 0 Å². The Balaban J connectivity index is 1.51. The molecule has 3 rings (SSSR count). The minimum Gasteiger partial charge on any atom is -0.497 e. The standard InChI is InChI=1S/C20H27N5O4S/c1-4-29-20(27)24-11-9-15(10-12-24)21-18(26)13-30-19-23-22-14(2)25(19)16-5-7-17(28-3)8-6-16/h5-8,15H,4,9-13H2,1-3H3,(H,21,26). The van der Waals surface area contributed by atoms with Crippen molar-refractivity contribution in [2.75, 3.05) is 32.6 Å². The molecule has 1 aromatic carbocycles. The number of likely N-dealkylation sites (tertiary alicyclic amines) is 1. The Morgan fingerprint density at radius 2 is 1.90 bits per heavy atom. The first-order valence-electron chi connectivity index (χ1n) is 9.92. The highest BCUT2D eigenvalue weighted by Gasteiger charge is 2.24. The molecule has 0 radical (unpaired) electrons. The zero-order valence-corrected chi connectivity index (χ0v) is 18.3. The zero-order valence-electron chi connectivity index (χ0n) is 17.5. The van der Waals surface area contributed by atoms with E-state index in [1.807, 2.05) is 35.8 Å². The SMILES string of the molecule is CCOC(=O)N1CCC(NC(=O)CSc2nnc(C)n2-c2ccc(OC)cc2)CC1. The van der Waals surface area contributed by atoms with E-state index < -0.39 is 0 Å². The molecule has 2 heterocycles. The Hall–Kier alpha value is -2.75. The molecule has 10 heteroatoms. The summed E-state index contributed by atoms with van der Waals surface area (Å²) < 4.78 is 12.1. The molecule has 2 aromatic rings. The van der Waals surface area contributed by atoms with E-state index in [1.54, 1.807) is 18.9 Å². The number of piperidine rings is 1. The second-order valence-corrected chi connectivity index (χ2v) is 7.82. The summed E-state index contributed by atoms with van der Waals surface area (Å²) in [6.45, 7) is 5.20. The topological polar surface area (TPSA) is 98.6 Å². The lowest BCUT2D eigenvalue weighted by Gasteiger charge is -2.31. The molecule has 0 bridgehead atoms. The number of carbonyl (C=O) groups excluding carboxylic acids is 2. The Morgan fingerprint density at radius 3 is 2.53 bits per heavy atom. The maximum absolute atomic E-state index is 12.4. The summed E-state index contributed by atoms with van der Waals surface area (Å²) >= 11 is 1.34. The smallest absolute Gasteiger partial charge is 0.409 e. The molecule has 1 fully saturated rings. The second kappa shape index (κ2) is 10.3. The van der Waals surface area contributed by atoms with E-state index in [2.05, 4.69) is 15.5 Å². The van der Waals surface area contributed by atoms with Gasteiger partial charge in [-0.1, -0.05) is 11.8 Å². The quantitative estimate of drug-likeness (QED) is 0.670. The molecule has 0 saturated carbocycles. The lowest BCUT2D eigenvalue weighted by Crippen LogP contribution is -2.47. The maximum Gasteiger partial charge on any atom is 0.409 e. The van der Waals surface area contributed by atoms with Crippen molar-refractivity contribution in [2.24, 2.45) is 0 Å². The first kappa shape index (κ1) is 21.9. The largest absolute Gasteiger partial charge is 0.497 e. The number of aromatic nitrogens is 3. The number of nitrogens with one attached hydrogen (secondary N) is 1. The number of carbonyl (C=O) groups is 2. The minimum atomic E-state index is -0.286. The molecule has 162 valence electrons. The molecule has 1 aliphatic heterocycles. The molecule has 0 aliphatic carbocycles. The average Bonchev–Trinajstić information content (AvgIpc) is 3.13. The van der Waals surface area contributed by atoms with Crippen molar-refractivity contribution in [3.05, 3.63) is 30.1 Å². The number of methoxy groups -OCH3 is 1. The van der Waals surface area contributed by atoms with E-state index in [0.717, 1.165) is 30.1 Å². The summed E-state index contributed by atoms with van der Waals surface area (Å²) in [6.07, 6.45) is 1.15. The van der Waals surface area contributed by atoms with Crippen molar-refractivity contribution in [3.8, 4) is 11.4 Å². The minimum absolute atomic E-state index is 0.0588. The van der Waals surface area contributed by atoms with Crippen LogP contribution in [0.25, 0.3) is 5.69 Å². The van der Waals surface area contributed by atoms with Gasteiger partial charge in [-0.3, -0.25) is 9.36 Å². The average molecular weight is 434 g/mol. The van der Waals surface area contributed by atoms with Crippen LogP contribution < -0.4 is 10.1 Å². The lowest BCUT2D eigenvalue weighted by atomic mass is 10.1. The van der Waals surface area contributed by atoms with E-state index in [9.17, 15) is 9.59 Å². The number of benzene rings is 1. The number of amides is 2. The summed E-state index contributed by atoms with van der Waals surface area (Å²) in [7, 11) is 1.62. The molecule has 1 saturated heterocycles. The molecule has 0 unspecified atom stereocenters. The molecular weight excluding hydrogens is 406 g/mol. The van der Waals surface area contributed by atoms with Gasteiger partial charge in [-0.2, -0.15) is 0 Å². The number of hydrogen-bond acceptors (Lipinski definition) is 7. The Morgan fingerprint density at radius 1 is 1.20 bits per heavy atom. The maximum atomic E-state index is 12.4. The Labute approximate surface area is 180 Å². The van der Waals surface area contributed by atoms with Gasteiger partial charge < -0.3 is 19.7 Å². The van der Waals surface area contributed by atoms with Crippen molar-refractivity contribution < 1.29 is 19.1 Å². The summed E-state index contributed by atoms with van der Waals surface area (Å²) in [5.41, 5.74) is 0.910. The molecular formula is C20H27N5O4S. The van der Waals surface area contributed by atoms with Crippen LogP contribution >= 0.6 is 11.8 Å². The van der Waals surface area contributed by atoms with Gasteiger partial charge in [0.2, 0.25) is 5.91 Å². The highest BCUT2D eigenvalue weighted by Crippen LogP contribution is 2.23. The van der Waals surface area contributed by atoms with Crippen LogP contribution in [0.4, 0.5) is 4.79 Å². The van der Waals surface area contributed by atoms with Gasteiger partial charge in [-0.05, 0) is 51.0 Å². The van der Waals surface area contributed by atoms with Crippen LogP contribution in [0.15, 0.2) is 29.4 Å². The van der Waals surface area contributed by atoms with E-state index in [0.29, 0.717) is 24.9 Å². The number of aryl methyl sites for hydroxylation is 1. The summed E-state index contributed by atoms with van der Waals surface area (Å²) in [5, 5.41) is 12.1. The molecule has 9 nitrogen and oxygen atoms in total. The van der Waals surface area contributed by atoms with Gasteiger partial charge in [-0.25, -0.2) is 4.79 Å². The van der Waals surface area contributed by atoms with Crippen molar-refractivity contribution >= 4 is 23.8 Å². The molecule has 0 atom stereocenters. The number of hydrogen-bond donors (Lipinski definition) is 1. The van der Waals surface area contributed by atoms with Crippen molar-refractivity contribution in [1.82, 2.24) is 25.0 Å². The van der Waals surface area contributed by atoms with Crippen LogP contribution in [0.5, 0.6) is 5.75 Å². The van der Waals surface area contributed by atoms with Gasteiger partial charge >= 0.3 is 6.09 Å². The third kappa shape index (κ3) is 5.44. The summed E-state index contributed by atoms with van der Waals surface area (Å²) in [4.78, 5) is 25.9. The van der Waals surface area contributed by atoms with Crippen molar-refractivity contribution in [3.63, 3.8) is 0 Å². The van der Waals surface area contributed by atoms with Gasteiger partial charge in [0.15, 0.2) is 5.16 Å². The third-order valence-electron chi connectivity index (χ3n) is 4.84. The van der Waals surface area contributed by atoms with Gasteiger partial charge in [0, 0.05) is 24.8 Å². The molecule has 1 N–H and O–H groups in total. The van der Waals surface area contributed by atoms with Crippen LogP contribution in [-0.4, -0.2) is 70.3 Å². The predicted molar refractivity (Wildman–Crippen MR) is 113 cm³/mol. The molecule has 1 aromatic heterocycles. The molecule has 0 spiro atoms. The fourth-order valence-corrected chi connectivity index (χ4v) is 4.09. The number of nitrogens with zero attached hydrogens (tertiary/aromatic N) is 4. The van der Waals surface area contributed by atoms with Crippen LogP contribution in [0.3, 0.4) is 0 Å². The fourth-order valence-electron chi connectivity index (χ4n) is 3.29. The predicted octanol–water partition coefficient (Wildman–Crippen LogP) is 2.41. The number of rotatable bonds is 7. The number of ether oxygens (including phenoxy) is 2. The monoisotopic (exact) mass is 433 g/mol. The third-order valence-corrected chi connectivity index (χ3v) is 5.77. The molecule has 2 amide bonds. The van der Waals surface area contributed by atoms with Crippen LogP contribution in [-0.2, 0) is 9.53 Å². The van der Waals surface area contributed by atoms with Crippen molar-refractivity contribution in [2.45, 2.75) is 37.9 Å². The van der Waals surface area contributed by atoms with E-state index in [1.165, 1.54) is 11.8 Å². The lowest BCUT2D eigenvalue weighted by molar-refractivity contribution is -0.119. The summed E-state index contributed by atoms with van der Waals surface area (Å²) in [5.74, 6) is 1.70. The zero-order chi connectivity index (χ0) is 21.5. The fraction of sp³-hybridized carbons (Fsp3) is 0.500. The highest BCUT2D eigenvalue weighted by atomic mass is 32.2. The molecule has 1 aliphatic rings. The van der Waals surface area contributed by atoms with E-state index >= 15 is 0 Å². The normalized spacial score (nSPS) is 14.4. The Bertz CT molecular complexity index is 863. The van der Waals surface area contributed by atoms with E-state index in [-0.39, 0.29) is 23.8 Å². The van der Waals surface area contributed by atoms with Gasteiger partial charge in [0.05, 0.1) is 19.5 Å². The van der Waals surface area contributed by atoms with Crippen LogP contribution in [0.1, 0.15) is 25.6 Å². The van der Waals surface area contributed by atoms with Crippen LogP contribution in [0.2, 0.25) is 0 Å². The van der Waals surface area contributed by atoms with E-state index in [4.69, 9.17) is 9.47 Å². The summed E-state index contributed by atoms with van der Waals surface area (Å²) in [6, 6.07) is 7.66. The second-order valence-electron chi connectivity index (χ2n) is 6.88. The Kier molecular flexibility index (Phi) is 7.56. The van der Waals surface area contributed by atoms with Gasteiger partial charge in [-0.15, -0.1) is 10.2 Å². The number of thioether (sulfide) groups is 1. The first-order chi connectivity index (χ1) is 14.5. The van der Waals surface area contributed by atoms with Crippen molar-refractivity contribution in [1.29, 1.82) is 0 Å². The van der Waals surface area contributed by atoms with Crippen LogP contribution in [0, 0.1) is 6.92 Å². The highest BCUT2D eigenvalue weighted by molar-refractivity contribution is 7.99.